The molecule has 0 aromatic heterocycles. The molecule has 1 unspecified atom stereocenters. The van der Waals surface area contributed by atoms with Crippen LogP contribution in [0.25, 0.3) is 0 Å². The summed E-state index contributed by atoms with van der Waals surface area (Å²) in [5.41, 5.74) is 1.11. The van der Waals surface area contributed by atoms with Gasteiger partial charge in [0.05, 0.1) is 0 Å². The summed E-state index contributed by atoms with van der Waals surface area (Å²) in [6.07, 6.45) is 1.06. The van der Waals surface area contributed by atoms with E-state index in [1.807, 2.05) is 31.2 Å². The fraction of sp³-hybridized carbons (Fsp3) is 0.429. The van der Waals surface area contributed by atoms with E-state index in [-0.39, 0.29) is 11.8 Å². The van der Waals surface area contributed by atoms with Gasteiger partial charge >= 0.3 is 5.97 Å². The van der Waals surface area contributed by atoms with Crippen LogP contribution in [0.4, 0.5) is 0 Å². The van der Waals surface area contributed by atoms with Crippen LogP contribution in [0.1, 0.15) is 25.8 Å². The van der Waals surface area contributed by atoms with E-state index in [0.29, 0.717) is 11.4 Å². The number of hydrogen-bond acceptors (Lipinski definition) is 2. The number of rotatable bonds is 6. The number of carboxylic acid groups (broad SMARTS) is 1. The summed E-state index contributed by atoms with van der Waals surface area (Å²) in [4.78, 5) is 22.2. The third-order valence-electron chi connectivity index (χ3n) is 2.78. The lowest BCUT2D eigenvalue weighted by atomic mass is 9.98. The molecule has 5 heteroatoms. The Labute approximate surface area is 117 Å². The number of carbonyl (C=O) groups excluding carboxylic acids is 1. The molecule has 2 N–H and O–H groups in total. The van der Waals surface area contributed by atoms with Gasteiger partial charge in [0.1, 0.15) is 6.04 Å². The maximum atomic E-state index is 11.6. The summed E-state index contributed by atoms with van der Waals surface area (Å²) >= 11 is 5.80. The summed E-state index contributed by atoms with van der Waals surface area (Å²) < 4.78 is 0. The molecule has 4 nitrogen and oxygen atoms in total. The van der Waals surface area contributed by atoms with Crippen LogP contribution in [-0.2, 0) is 16.0 Å². The number of nitrogens with one attached hydrogen (secondary N) is 1. The van der Waals surface area contributed by atoms with Crippen LogP contribution < -0.4 is 5.32 Å². The third-order valence-corrected chi connectivity index (χ3v) is 3.03. The normalized spacial score (nSPS) is 13.6. The van der Waals surface area contributed by atoms with E-state index in [0.717, 1.165) is 12.0 Å². The van der Waals surface area contributed by atoms with E-state index >= 15 is 0 Å². The maximum absolute atomic E-state index is 11.6. The van der Waals surface area contributed by atoms with Gasteiger partial charge in [0.2, 0.25) is 5.91 Å². The number of aliphatic carboxylic acids is 1. The number of carbonyl (C=O) groups is 2. The standard InChI is InChI=1S/C14H18ClNO3/c1-9(7-11-3-5-12(15)6-4-11)8-13(17)16-10(2)14(18)19/h3-6,9-10H,7-8H2,1-2H3,(H,16,17)(H,18,19)/t9?,10-/m1/s1. The van der Waals surface area contributed by atoms with Crippen LogP contribution in [0, 0.1) is 5.92 Å². The zero-order valence-corrected chi connectivity index (χ0v) is 11.8. The maximum Gasteiger partial charge on any atom is 0.325 e. The van der Waals surface area contributed by atoms with Crippen molar-refractivity contribution in [1.82, 2.24) is 5.32 Å². The van der Waals surface area contributed by atoms with E-state index in [2.05, 4.69) is 5.32 Å². The lowest BCUT2D eigenvalue weighted by molar-refractivity contribution is -0.141. The molecule has 0 spiro atoms. The quantitative estimate of drug-likeness (QED) is 0.843. The Kier molecular flexibility index (Phi) is 5.83. The first-order chi connectivity index (χ1) is 8.88. The molecule has 0 radical (unpaired) electrons. The van der Waals surface area contributed by atoms with Gasteiger partial charge in [0.15, 0.2) is 0 Å². The van der Waals surface area contributed by atoms with Gasteiger partial charge in [-0.2, -0.15) is 0 Å². The van der Waals surface area contributed by atoms with E-state index in [4.69, 9.17) is 16.7 Å². The first kappa shape index (κ1) is 15.5. The molecule has 0 bridgehead atoms. The summed E-state index contributed by atoms with van der Waals surface area (Å²) in [6.45, 7) is 3.41. The molecule has 0 heterocycles. The number of hydrogen-bond donors (Lipinski definition) is 2. The highest BCUT2D eigenvalue weighted by molar-refractivity contribution is 6.30. The largest absolute Gasteiger partial charge is 0.480 e. The van der Waals surface area contributed by atoms with Crippen molar-refractivity contribution in [2.24, 2.45) is 5.92 Å². The summed E-state index contributed by atoms with van der Waals surface area (Å²) in [5.74, 6) is -1.13. The number of benzene rings is 1. The van der Waals surface area contributed by atoms with Gasteiger partial charge in [-0.1, -0.05) is 30.7 Å². The Morgan fingerprint density at radius 1 is 1.26 bits per heavy atom. The molecule has 1 amide bonds. The van der Waals surface area contributed by atoms with Crippen LogP contribution >= 0.6 is 11.6 Å². The Morgan fingerprint density at radius 2 is 1.84 bits per heavy atom. The number of carboxylic acids is 1. The summed E-state index contributed by atoms with van der Waals surface area (Å²) in [6, 6.07) is 6.63. The minimum absolute atomic E-state index is 0.141. The fourth-order valence-corrected chi connectivity index (χ4v) is 1.90. The molecule has 0 aliphatic carbocycles. The summed E-state index contributed by atoms with van der Waals surface area (Å²) in [5, 5.41) is 11.8. The highest BCUT2D eigenvalue weighted by atomic mass is 35.5. The fourth-order valence-electron chi connectivity index (χ4n) is 1.77. The minimum atomic E-state index is -1.03. The van der Waals surface area contributed by atoms with E-state index in [1.54, 1.807) is 0 Å². The van der Waals surface area contributed by atoms with Crippen LogP contribution in [0.2, 0.25) is 5.02 Å². The van der Waals surface area contributed by atoms with Crippen LogP contribution in [-0.4, -0.2) is 23.0 Å². The van der Waals surface area contributed by atoms with Crippen molar-refractivity contribution in [3.63, 3.8) is 0 Å². The van der Waals surface area contributed by atoms with Crippen molar-refractivity contribution in [2.45, 2.75) is 32.7 Å². The lowest BCUT2D eigenvalue weighted by Crippen LogP contribution is -2.39. The van der Waals surface area contributed by atoms with Crippen LogP contribution in [0.5, 0.6) is 0 Å². The summed E-state index contributed by atoms with van der Waals surface area (Å²) in [7, 11) is 0. The van der Waals surface area contributed by atoms with Crippen molar-refractivity contribution in [1.29, 1.82) is 0 Å². The Bertz CT molecular complexity index is 445. The molecule has 0 aliphatic rings. The predicted molar refractivity (Wildman–Crippen MR) is 74.2 cm³/mol. The van der Waals surface area contributed by atoms with E-state index in [1.165, 1.54) is 6.92 Å². The highest BCUT2D eigenvalue weighted by Gasteiger charge is 2.16. The SMILES string of the molecule is CC(CC(=O)N[C@H](C)C(=O)O)Cc1ccc(Cl)cc1. The average Bonchev–Trinajstić information content (AvgIpc) is 2.31. The van der Waals surface area contributed by atoms with Gasteiger partial charge in [-0.05, 0) is 37.0 Å². The Hall–Kier alpha value is -1.55. The number of halogens is 1. The Morgan fingerprint density at radius 3 is 2.37 bits per heavy atom. The van der Waals surface area contributed by atoms with Crippen molar-refractivity contribution < 1.29 is 14.7 Å². The van der Waals surface area contributed by atoms with Gasteiger partial charge in [-0.25, -0.2) is 0 Å². The molecule has 0 fully saturated rings. The second-order valence-corrected chi connectivity index (χ2v) is 5.20. The minimum Gasteiger partial charge on any atom is -0.480 e. The smallest absolute Gasteiger partial charge is 0.325 e. The zero-order valence-electron chi connectivity index (χ0n) is 11.0. The van der Waals surface area contributed by atoms with Gasteiger partial charge in [-0.3, -0.25) is 9.59 Å². The molecule has 1 aromatic rings. The topological polar surface area (TPSA) is 66.4 Å². The second-order valence-electron chi connectivity index (χ2n) is 4.77. The molecule has 104 valence electrons. The van der Waals surface area contributed by atoms with Gasteiger partial charge < -0.3 is 10.4 Å². The second kappa shape index (κ2) is 7.14. The predicted octanol–water partition coefficient (Wildman–Crippen LogP) is 2.50. The van der Waals surface area contributed by atoms with E-state index < -0.39 is 12.0 Å². The monoisotopic (exact) mass is 283 g/mol. The molecule has 1 rings (SSSR count). The first-order valence-corrected chi connectivity index (χ1v) is 6.53. The van der Waals surface area contributed by atoms with Gasteiger partial charge in [-0.15, -0.1) is 0 Å². The molecular formula is C14H18ClNO3. The molecule has 19 heavy (non-hydrogen) atoms. The molecule has 0 aliphatic heterocycles. The van der Waals surface area contributed by atoms with Crippen molar-refractivity contribution >= 4 is 23.5 Å². The zero-order chi connectivity index (χ0) is 14.4. The molecule has 2 atom stereocenters. The lowest BCUT2D eigenvalue weighted by Gasteiger charge is -2.13. The molecule has 0 saturated heterocycles. The first-order valence-electron chi connectivity index (χ1n) is 6.15. The van der Waals surface area contributed by atoms with Crippen molar-refractivity contribution in [2.75, 3.05) is 0 Å². The molecule has 0 saturated carbocycles. The average molecular weight is 284 g/mol. The highest BCUT2D eigenvalue weighted by Crippen LogP contribution is 2.15. The van der Waals surface area contributed by atoms with Crippen molar-refractivity contribution in [3.05, 3.63) is 34.9 Å². The number of amides is 1. The van der Waals surface area contributed by atoms with Crippen LogP contribution in [0.3, 0.4) is 0 Å². The van der Waals surface area contributed by atoms with Gasteiger partial charge in [0, 0.05) is 11.4 Å². The van der Waals surface area contributed by atoms with Crippen LogP contribution in [0.15, 0.2) is 24.3 Å². The molecular weight excluding hydrogens is 266 g/mol. The molecule has 1 aromatic carbocycles. The van der Waals surface area contributed by atoms with Crippen molar-refractivity contribution in [3.8, 4) is 0 Å². The Balaban J connectivity index is 2.42. The third kappa shape index (κ3) is 5.75. The van der Waals surface area contributed by atoms with Gasteiger partial charge in [0.25, 0.3) is 0 Å². The van der Waals surface area contributed by atoms with E-state index in [9.17, 15) is 9.59 Å².